The first-order chi connectivity index (χ1) is 13.3. The molecule has 0 radical (unpaired) electrons. The van der Waals surface area contributed by atoms with E-state index < -0.39 is 0 Å². The minimum absolute atomic E-state index is 0.101. The van der Waals surface area contributed by atoms with Gasteiger partial charge in [0.15, 0.2) is 0 Å². The molecule has 140 valence electrons. The largest absolute Gasteiger partial charge is 0.444 e. The topological polar surface area (TPSA) is 85.0 Å². The minimum Gasteiger partial charge on any atom is -0.444 e. The van der Waals surface area contributed by atoms with Gasteiger partial charge in [-0.25, -0.2) is 4.98 Å². The third-order valence-electron chi connectivity index (χ3n) is 4.72. The number of oxazole rings is 1. The van der Waals surface area contributed by atoms with E-state index in [1.165, 1.54) is 6.42 Å². The average molecular weight is 365 g/mol. The Bertz CT molecular complexity index is 881. The maximum absolute atomic E-state index is 12.2. The molecule has 0 spiro atoms. The summed E-state index contributed by atoms with van der Waals surface area (Å²) in [7, 11) is 0. The van der Waals surface area contributed by atoms with Crippen molar-refractivity contribution in [3.05, 3.63) is 60.2 Å². The third-order valence-corrected chi connectivity index (χ3v) is 4.72. The molecule has 0 saturated carbocycles. The summed E-state index contributed by atoms with van der Waals surface area (Å²) in [6.45, 7) is 2.56. The number of nitrogens with zero attached hydrogens (tertiary/aromatic N) is 3. The molecular weight excluding hydrogens is 342 g/mol. The molecule has 1 saturated heterocycles. The molecule has 3 aromatic rings. The predicted molar refractivity (Wildman–Crippen MR) is 101 cm³/mol. The summed E-state index contributed by atoms with van der Waals surface area (Å²) in [5, 5.41) is 10.8. The van der Waals surface area contributed by atoms with Crippen LogP contribution in [0, 0.1) is 0 Å². The van der Waals surface area contributed by atoms with Gasteiger partial charge in [-0.3, -0.25) is 9.48 Å². The summed E-state index contributed by atoms with van der Waals surface area (Å²) in [6.07, 6.45) is 5.75. The van der Waals surface area contributed by atoms with Crippen molar-refractivity contribution < 1.29 is 9.21 Å². The normalized spacial score (nSPS) is 17.0. The van der Waals surface area contributed by atoms with Gasteiger partial charge in [0.05, 0.1) is 17.9 Å². The Morgan fingerprint density at radius 1 is 1.30 bits per heavy atom. The van der Waals surface area contributed by atoms with Gasteiger partial charge >= 0.3 is 0 Å². The first-order valence-electron chi connectivity index (χ1n) is 9.28. The highest BCUT2D eigenvalue weighted by Crippen LogP contribution is 2.21. The van der Waals surface area contributed by atoms with Crippen molar-refractivity contribution in [2.45, 2.75) is 31.8 Å². The van der Waals surface area contributed by atoms with Gasteiger partial charge in [-0.05, 0) is 37.6 Å². The standard InChI is InChI=1S/C20H23N5O2/c26-19(13-25-10-8-18(24-25)16-7-4-9-21-11-16)22-12-17-14-27-20(23-17)15-5-2-1-3-6-15/h1-3,5-6,8,10,14,16,21H,4,7,9,11-13H2,(H,22,26)/t16-/m0/s1. The number of piperidine rings is 1. The summed E-state index contributed by atoms with van der Waals surface area (Å²) in [5.74, 6) is 0.892. The molecule has 2 N–H and O–H groups in total. The van der Waals surface area contributed by atoms with E-state index in [1.54, 1.807) is 10.9 Å². The van der Waals surface area contributed by atoms with Crippen molar-refractivity contribution in [1.82, 2.24) is 25.4 Å². The van der Waals surface area contributed by atoms with Gasteiger partial charge in [0.2, 0.25) is 11.8 Å². The number of aromatic nitrogens is 3. The van der Waals surface area contributed by atoms with Crippen LogP contribution in [0.4, 0.5) is 0 Å². The molecule has 0 unspecified atom stereocenters. The van der Waals surface area contributed by atoms with Crippen LogP contribution in [0.15, 0.2) is 53.3 Å². The Balaban J connectivity index is 1.29. The number of nitrogens with one attached hydrogen (secondary N) is 2. The molecule has 1 aliphatic rings. The summed E-state index contributed by atoms with van der Waals surface area (Å²) >= 11 is 0. The van der Waals surface area contributed by atoms with Crippen LogP contribution in [-0.2, 0) is 17.9 Å². The van der Waals surface area contributed by atoms with Crippen LogP contribution in [0.5, 0.6) is 0 Å². The lowest BCUT2D eigenvalue weighted by Gasteiger charge is -2.20. The van der Waals surface area contributed by atoms with Crippen molar-refractivity contribution in [2.24, 2.45) is 0 Å². The van der Waals surface area contributed by atoms with Gasteiger partial charge in [0.25, 0.3) is 0 Å². The van der Waals surface area contributed by atoms with E-state index in [0.29, 0.717) is 24.0 Å². The second kappa shape index (κ2) is 8.18. The van der Waals surface area contributed by atoms with Crippen LogP contribution in [0.2, 0.25) is 0 Å². The number of hydrogen-bond acceptors (Lipinski definition) is 5. The molecule has 1 amide bonds. The Kier molecular flexibility index (Phi) is 5.29. The fourth-order valence-electron chi connectivity index (χ4n) is 3.28. The first kappa shape index (κ1) is 17.5. The smallest absolute Gasteiger partial charge is 0.242 e. The highest BCUT2D eigenvalue weighted by Gasteiger charge is 2.18. The quantitative estimate of drug-likeness (QED) is 0.700. The van der Waals surface area contributed by atoms with E-state index >= 15 is 0 Å². The molecular formula is C20H23N5O2. The van der Waals surface area contributed by atoms with Gasteiger partial charge in [0, 0.05) is 24.2 Å². The number of amides is 1. The van der Waals surface area contributed by atoms with Crippen LogP contribution in [0.3, 0.4) is 0 Å². The zero-order chi connectivity index (χ0) is 18.5. The first-order valence-corrected chi connectivity index (χ1v) is 9.28. The van der Waals surface area contributed by atoms with E-state index in [-0.39, 0.29) is 12.5 Å². The average Bonchev–Trinajstić information content (AvgIpc) is 3.37. The van der Waals surface area contributed by atoms with Crippen molar-refractivity contribution in [3.8, 4) is 11.5 Å². The molecule has 2 aromatic heterocycles. The molecule has 0 bridgehead atoms. The highest BCUT2D eigenvalue weighted by molar-refractivity contribution is 5.75. The molecule has 1 aliphatic heterocycles. The maximum atomic E-state index is 12.2. The summed E-state index contributed by atoms with van der Waals surface area (Å²) in [6, 6.07) is 11.7. The predicted octanol–water partition coefficient (Wildman–Crippen LogP) is 2.32. The molecule has 1 fully saturated rings. The zero-order valence-corrected chi connectivity index (χ0v) is 15.1. The fourth-order valence-corrected chi connectivity index (χ4v) is 3.28. The second-order valence-corrected chi connectivity index (χ2v) is 6.77. The Morgan fingerprint density at radius 3 is 3.00 bits per heavy atom. The molecule has 1 aromatic carbocycles. The van der Waals surface area contributed by atoms with Crippen LogP contribution in [-0.4, -0.2) is 33.8 Å². The van der Waals surface area contributed by atoms with Gasteiger partial charge < -0.3 is 15.1 Å². The number of rotatable bonds is 6. The molecule has 27 heavy (non-hydrogen) atoms. The van der Waals surface area contributed by atoms with Crippen LogP contribution >= 0.6 is 0 Å². The maximum Gasteiger partial charge on any atom is 0.242 e. The fraction of sp³-hybridized carbons (Fsp3) is 0.350. The van der Waals surface area contributed by atoms with Crippen LogP contribution < -0.4 is 10.6 Å². The highest BCUT2D eigenvalue weighted by atomic mass is 16.3. The lowest BCUT2D eigenvalue weighted by Crippen LogP contribution is -2.29. The van der Waals surface area contributed by atoms with Crippen molar-refractivity contribution in [1.29, 1.82) is 0 Å². The molecule has 7 nitrogen and oxygen atoms in total. The van der Waals surface area contributed by atoms with E-state index in [9.17, 15) is 4.79 Å². The SMILES string of the molecule is O=C(Cn1ccc([C@H]2CCCNC2)n1)NCc1coc(-c2ccccc2)n1. The molecule has 1 atom stereocenters. The number of hydrogen-bond donors (Lipinski definition) is 2. The van der Waals surface area contributed by atoms with Gasteiger partial charge in [-0.1, -0.05) is 18.2 Å². The van der Waals surface area contributed by atoms with Crippen LogP contribution in [0.1, 0.15) is 30.1 Å². The third kappa shape index (κ3) is 4.43. The van der Waals surface area contributed by atoms with Crippen LogP contribution in [0.25, 0.3) is 11.5 Å². The molecule has 3 heterocycles. The van der Waals surface area contributed by atoms with Gasteiger partial charge in [-0.15, -0.1) is 0 Å². The van der Waals surface area contributed by atoms with E-state index in [4.69, 9.17) is 4.42 Å². The molecule has 4 rings (SSSR count). The van der Waals surface area contributed by atoms with E-state index in [0.717, 1.165) is 30.8 Å². The van der Waals surface area contributed by atoms with Gasteiger partial charge in [-0.2, -0.15) is 5.10 Å². The Hall–Kier alpha value is -2.93. The summed E-state index contributed by atoms with van der Waals surface area (Å²) in [4.78, 5) is 16.6. The lowest BCUT2D eigenvalue weighted by molar-refractivity contribution is -0.122. The number of benzene rings is 1. The second-order valence-electron chi connectivity index (χ2n) is 6.77. The monoisotopic (exact) mass is 365 g/mol. The van der Waals surface area contributed by atoms with Gasteiger partial charge in [0.1, 0.15) is 12.8 Å². The minimum atomic E-state index is -0.101. The number of carbonyl (C=O) groups is 1. The van der Waals surface area contributed by atoms with Crippen molar-refractivity contribution in [2.75, 3.05) is 13.1 Å². The summed E-state index contributed by atoms with van der Waals surface area (Å²) < 4.78 is 7.18. The van der Waals surface area contributed by atoms with Crippen molar-refractivity contribution in [3.63, 3.8) is 0 Å². The lowest BCUT2D eigenvalue weighted by atomic mass is 9.97. The number of carbonyl (C=O) groups excluding carboxylic acids is 1. The van der Waals surface area contributed by atoms with E-state index in [1.807, 2.05) is 42.6 Å². The Morgan fingerprint density at radius 2 is 2.19 bits per heavy atom. The zero-order valence-electron chi connectivity index (χ0n) is 15.1. The molecule has 7 heteroatoms. The van der Waals surface area contributed by atoms with E-state index in [2.05, 4.69) is 20.7 Å². The summed E-state index contributed by atoms with van der Waals surface area (Å²) in [5.41, 5.74) is 2.66. The van der Waals surface area contributed by atoms with Crippen molar-refractivity contribution >= 4 is 5.91 Å². The Labute approximate surface area is 157 Å². The molecule has 0 aliphatic carbocycles.